The highest BCUT2D eigenvalue weighted by molar-refractivity contribution is 4.63. The molecule has 0 saturated heterocycles. The van der Waals surface area contributed by atoms with Gasteiger partial charge in [0.25, 0.3) is 0 Å². The minimum absolute atomic E-state index is 0.0318. The van der Waals surface area contributed by atoms with Crippen molar-refractivity contribution in [3.05, 3.63) is 0 Å². The molecule has 0 rings (SSSR count). The molecule has 0 aromatic carbocycles. The van der Waals surface area contributed by atoms with Crippen molar-refractivity contribution >= 4 is 0 Å². The normalized spacial score (nSPS) is 13.2. The summed E-state index contributed by atoms with van der Waals surface area (Å²) in [7, 11) is 0. The molecule has 0 aliphatic heterocycles. The lowest BCUT2D eigenvalue weighted by Crippen LogP contribution is -2.38. The average molecular weight is 249 g/mol. The molecule has 17 heavy (non-hydrogen) atoms. The van der Waals surface area contributed by atoms with Crippen LogP contribution in [-0.2, 0) is 4.74 Å². The number of hydrogen-bond acceptors (Lipinski definition) is 5. The van der Waals surface area contributed by atoms with Crippen molar-refractivity contribution in [2.24, 2.45) is 0 Å². The third kappa shape index (κ3) is 10.7. The molecule has 3 N–H and O–H groups in total. The smallest absolute Gasteiger partial charge is 0.0900 e. The fraction of sp³-hybridized carbons (Fsp3) is 1.00. The summed E-state index contributed by atoms with van der Waals surface area (Å²) in [6.45, 7) is 4.56. The van der Waals surface area contributed by atoms with E-state index in [1.807, 2.05) is 4.90 Å². The number of hydrogen-bond donors (Lipinski definition) is 3. The maximum atomic E-state index is 9.70. The van der Waals surface area contributed by atoms with Gasteiger partial charge in [0.05, 0.1) is 25.9 Å². The van der Waals surface area contributed by atoms with E-state index in [9.17, 15) is 5.11 Å². The van der Waals surface area contributed by atoms with Gasteiger partial charge in [-0.2, -0.15) is 0 Å². The van der Waals surface area contributed by atoms with Gasteiger partial charge >= 0.3 is 0 Å². The van der Waals surface area contributed by atoms with Crippen molar-refractivity contribution in [2.75, 3.05) is 46.1 Å². The van der Waals surface area contributed by atoms with Crippen LogP contribution >= 0.6 is 0 Å². The Labute approximate surface area is 104 Å². The lowest BCUT2D eigenvalue weighted by Gasteiger charge is -2.23. The molecular formula is C12H27NO4. The van der Waals surface area contributed by atoms with Gasteiger partial charge in [0.2, 0.25) is 0 Å². The third-order valence-electron chi connectivity index (χ3n) is 2.50. The number of rotatable bonds is 12. The van der Waals surface area contributed by atoms with Gasteiger partial charge in [-0.1, -0.05) is 19.8 Å². The van der Waals surface area contributed by atoms with Crippen molar-refractivity contribution < 1.29 is 20.1 Å². The molecule has 0 aromatic rings. The van der Waals surface area contributed by atoms with Gasteiger partial charge in [-0.15, -0.1) is 0 Å². The molecule has 0 saturated carbocycles. The van der Waals surface area contributed by atoms with Crippen molar-refractivity contribution in [3.8, 4) is 0 Å². The van der Waals surface area contributed by atoms with E-state index in [1.165, 1.54) is 0 Å². The van der Waals surface area contributed by atoms with E-state index in [1.54, 1.807) is 0 Å². The van der Waals surface area contributed by atoms with Crippen LogP contribution in [0.4, 0.5) is 0 Å². The van der Waals surface area contributed by atoms with Gasteiger partial charge in [0.15, 0.2) is 0 Å². The van der Waals surface area contributed by atoms with Crippen LogP contribution in [0, 0.1) is 0 Å². The van der Waals surface area contributed by atoms with Crippen molar-refractivity contribution in [2.45, 2.75) is 32.3 Å². The van der Waals surface area contributed by atoms with E-state index in [0.717, 1.165) is 19.3 Å². The summed E-state index contributed by atoms with van der Waals surface area (Å²) in [5.74, 6) is 0. The SMILES string of the molecule is CCCCCOCC(O)CN(CCO)CCO. The molecule has 1 atom stereocenters. The molecule has 0 bridgehead atoms. The highest BCUT2D eigenvalue weighted by Gasteiger charge is 2.10. The Morgan fingerprint density at radius 1 is 1.12 bits per heavy atom. The first-order valence-electron chi connectivity index (χ1n) is 6.44. The summed E-state index contributed by atoms with van der Waals surface area (Å²) in [4.78, 5) is 1.82. The minimum atomic E-state index is -0.560. The summed E-state index contributed by atoms with van der Waals surface area (Å²) in [6.07, 6.45) is 2.78. The highest BCUT2D eigenvalue weighted by atomic mass is 16.5. The summed E-state index contributed by atoms with van der Waals surface area (Å²) in [5.41, 5.74) is 0. The predicted octanol–water partition coefficient (Wildman–Crippen LogP) is -0.159. The number of nitrogens with zero attached hydrogens (tertiary/aromatic N) is 1. The monoisotopic (exact) mass is 249 g/mol. The molecule has 0 amide bonds. The average Bonchev–Trinajstić information content (AvgIpc) is 2.29. The molecule has 0 aliphatic rings. The van der Waals surface area contributed by atoms with Crippen molar-refractivity contribution in [3.63, 3.8) is 0 Å². The van der Waals surface area contributed by atoms with Gasteiger partial charge in [0, 0.05) is 26.2 Å². The Morgan fingerprint density at radius 3 is 2.29 bits per heavy atom. The molecule has 5 heteroatoms. The summed E-state index contributed by atoms with van der Waals surface area (Å²) >= 11 is 0. The van der Waals surface area contributed by atoms with Crippen LogP contribution in [0.25, 0.3) is 0 Å². The Kier molecular flexibility index (Phi) is 12.1. The molecule has 5 nitrogen and oxygen atoms in total. The standard InChI is InChI=1S/C12H27NO4/c1-2-3-4-9-17-11-12(16)10-13(5-7-14)6-8-15/h12,14-16H,2-11H2,1H3. The van der Waals surface area contributed by atoms with Crippen LogP contribution < -0.4 is 0 Å². The lowest BCUT2D eigenvalue weighted by atomic mass is 10.3. The summed E-state index contributed by atoms with van der Waals surface area (Å²) in [6, 6.07) is 0. The molecule has 0 spiro atoms. The first-order valence-corrected chi connectivity index (χ1v) is 6.44. The molecule has 0 aromatic heterocycles. The molecule has 0 aliphatic carbocycles. The van der Waals surface area contributed by atoms with E-state index in [0.29, 0.717) is 32.8 Å². The van der Waals surface area contributed by atoms with E-state index >= 15 is 0 Å². The van der Waals surface area contributed by atoms with Gasteiger partial charge in [0.1, 0.15) is 0 Å². The Hall–Kier alpha value is -0.200. The van der Waals surface area contributed by atoms with Crippen LogP contribution in [0.2, 0.25) is 0 Å². The number of unbranched alkanes of at least 4 members (excludes halogenated alkanes) is 2. The van der Waals surface area contributed by atoms with E-state index in [2.05, 4.69) is 6.92 Å². The number of ether oxygens (including phenoxy) is 1. The molecule has 0 fully saturated rings. The Balaban J connectivity index is 3.55. The number of aliphatic hydroxyl groups is 3. The predicted molar refractivity (Wildman–Crippen MR) is 67.0 cm³/mol. The van der Waals surface area contributed by atoms with Gasteiger partial charge in [-0.3, -0.25) is 4.90 Å². The molecule has 1 unspecified atom stereocenters. The van der Waals surface area contributed by atoms with Crippen molar-refractivity contribution in [1.82, 2.24) is 4.90 Å². The van der Waals surface area contributed by atoms with Crippen LogP contribution in [-0.4, -0.2) is 72.4 Å². The minimum Gasteiger partial charge on any atom is -0.395 e. The quantitative estimate of drug-likeness (QED) is 0.419. The van der Waals surface area contributed by atoms with Gasteiger partial charge in [-0.05, 0) is 6.42 Å². The molecule has 104 valence electrons. The second kappa shape index (κ2) is 12.3. The Morgan fingerprint density at radius 2 is 1.76 bits per heavy atom. The third-order valence-corrected chi connectivity index (χ3v) is 2.50. The first-order chi connectivity index (χ1) is 8.24. The van der Waals surface area contributed by atoms with E-state index in [-0.39, 0.29) is 13.2 Å². The maximum absolute atomic E-state index is 9.70. The maximum Gasteiger partial charge on any atom is 0.0900 e. The van der Waals surface area contributed by atoms with E-state index < -0.39 is 6.10 Å². The lowest BCUT2D eigenvalue weighted by molar-refractivity contribution is 0.0104. The Bertz CT molecular complexity index is 151. The fourth-order valence-electron chi connectivity index (χ4n) is 1.60. The van der Waals surface area contributed by atoms with Crippen LogP contribution in [0.5, 0.6) is 0 Å². The largest absolute Gasteiger partial charge is 0.395 e. The first kappa shape index (κ1) is 16.8. The van der Waals surface area contributed by atoms with Crippen LogP contribution in [0.15, 0.2) is 0 Å². The molecule has 0 radical (unpaired) electrons. The van der Waals surface area contributed by atoms with Gasteiger partial charge in [-0.25, -0.2) is 0 Å². The molecule has 0 heterocycles. The summed E-state index contributed by atoms with van der Waals surface area (Å²) < 4.78 is 5.35. The zero-order chi connectivity index (χ0) is 12.9. The zero-order valence-corrected chi connectivity index (χ0v) is 10.8. The second-order valence-electron chi connectivity index (χ2n) is 4.18. The molecular weight excluding hydrogens is 222 g/mol. The summed E-state index contributed by atoms with van der Waals surface area (Å²) in [5, 5.41) is 27.3. The second-order valence-corrected chi connectivity index (χ2v) is 4.18. The highest BCUT2D eigenvalue weighted by Crippen LogP contribution is 1.97. The van der Waals surface area contributed by atoms with Crippen LogP contribution in [0.3, 0.4) is 0 Å². The fourth-order valence-corrected chi connectivity index (χ4v) is 1.60. The van der Waals surface area contributed by atoms with E-state index in [4.69, 9.17) is 14.9 Å². The topological polar surface area (TPSA) is 73.2 Å². The van der Waals surface area contributed by atoms with Crippen LogP contribution in [0.1, 0.15) is 26.2 Å². The van der Waals surface area contributed by atoms with Crippen molar-refractivity contribution in [1.29, 1.82) is 0 Å². The zero-order valence-electron chi connectivity index (χ0n) is 10.8. The van der Waals surface area contributed by atoms with Gasteiger partial charge < -0.3 is 20.1 Å². The number of aliphatic hydroxyl groups excluding tert-OH is 3.